The van der Waals surface area contributed by atoms with E-state index in [1.165, 1.54) is 0 Å². The molecule has 0 spiro atoms. The molecule has 0 aliphatic heterocycles. The lowest BCUT2D eigenvalue weighted by atomic mass is 9.86. The number of hydrogen-bond acceptors (Lipinski definition) is 4. The van der Waals surface area contributed by atoms with Gasteiger partial charge in [-0.1, -0.05) is 72.3 Å². The molecule has 0 saturated heterocycles. The quantitative estimate of drug-likeness (QED) is 0.349. The highest BCUT2D eigenvalue weighted by Gasteiger charge is 2.41. The Morgan fingerprint density at radius 3 is 1.93 bits per heavy atom. The molecule has 0 radical (unpaired) electrons. The minimum atomic E-state index is -1.84. The Balaban J connectivity index is 1.69. The van der Waals surface area contributed by atoms with Crippen molar-refractivity contribution in [1.82, 2.24) is 0 Å². The Morgan fingerprint density at radius 2 is 1.41 bits per heavy atom. The normalized spacial score (nSPS) is 11.2. The van der Waals surface area contributed by atoms with Gasteiger partial charge in [0.2, 0.25) is 5.60 Å². The average Bonchev–Trinajstić information content (AvgIpc) is 2.73. The second kappa shape index (κ2) is 9.09. The van der Waals surface area contributed by atoms with Crippen LogP contribution in [0.25, 0.3) is 0 Å². The molecule has 0 bridgehead atoms. The van der Waals surface area contributed by atoms with Gasteiger partial charge in [0.15, 0.2) is 0 Å². The van der Waals surface area contributed by atoms with Gasteiger partial charge in [0.25, 0.3) is 0 Å². The Hall–Kier alpha value is -2.27. The predicted molar refractivity (Wildman–Crippen MR) is 109 cm³/mol. The van der Waals surface area contributed by atoms with Gasteiger partial charge in [-0.2, -0.15) is 0 Å². The number of aliphatic hydroxyl groups is 1. The fourth-order valence-corrected chi connectivity index (χ4v) is 3.55. The highest BCUT2D eigenvalue weighted by atomic mass is 35.5. The molecular weight excluding hydrogens is 380 g/mol. The lowest BCUT2D eigenvalue weighted by Crippen LogP contribution is -2.38. The number of esters is 1. The first-order valence-corrected chi connectivity index (χ1v) is 9.86. The van der Waals surface area contributed by atoms with Crippen LogP contribution in [0.1, 0.15) is 11.1 Å². The van der Waals surface area contributed by atoms with E-state index in [-0.39, 0.29) is 6.61 Å². The summed E-state index contributed by atoms with van der Waals surface area (Å²) in [5.41, 5.74) is -0.883. The van der Waals surface area contributed by atoms with Crippen LogP contribution in [0.2, 0.25) is 5.02 Å². The Labute approximate surface area is 168 Å². The molecule has 138 valence electrons. The van der Waals surface area contributed by atoms with Gasteiger partial charge in [-0.05, 0) is 35.4 Å². The monoisotopic (exact) mass is 398 g/mol. The van der Waals surface area contributed by atoms with Gasteiger partial charge in [0.1, 0.15) is 6.61 Å². The van der Waals surface area contributed by atoms with E-state index in [1.807, 2.05) is 36.4 Å². The zero-order valence-corrected chi connectivity index (χ0v) is 16.1. The molecule has 0 amide bonds. The Morgan fingerprint density at radius 1 is 0.889 bits per heavy atom. The number of ether oxygens (including phenoxy) is 1. The molecule has 3 rings (SSSR count). The van der Waals surface area contributed by atoms with Crippen molar-refractivity contribution in [3.63, 3.8) is 0 Å². The lowest BCUT2D eigenvalue weighted by Gasteiger charge is -2.27. The van der Waals surface area contributed by atoms with Crippen LogP contribution in [0.3, 0.4) is 0 Å². The van der Waals surface area contributed by atoms with Crippen LogP contribution in [-0.4, -0.2) is 23.4 Å². The first-order chi connectivity index (χ1) is 13.1. The standard InChI is InChI=1S/C22H19ClO3S/c23-19-11-13-20(14-12-19)27-16-15-26-21(24)22(25,17-7-3-1-4-8-17)18-9-5-2-6-10-18/h1-14,25H,15-16H2. The summed E-state index contributed by atoms with van der Waals surface area (Å²) in [7, 11) is 0. The molecule has 27 heavy (non-hydrogen) atoms. The van der Waals surface area contributed by atoms with E-state index in [1.54, 1.807) is 60.3 Å². The number of rotatable bonds is 7. The number of halogens is 1. The van der Waals surface area contributed by atoms with Crippen LogP contribution in [0.4, 0.5) is 0 Å². The van der Waals surface area contributed by atoms with Gasteiger partial charge in [0, 0.05) is 15.7 Å². The van der Waals surface area contributed by atoms with Gasteiger partial charge < -0.3 is 9.84 Å². The first-order valence-electron chi connectivity index (χ1n) is 8.50. The van der Waals surface area contributed by atoms with Crippen molar-refractivity contribution in [3.05, 3.63) is 101 Å². The van der Waals surface area contributed by atoms with Crippen LogP contribution in [0.15, 0.2) is 89.8 Å². The van der Waals surface area contributed by atoms with E-state index in [0.29, 0.717) is 21.9 Å². The molecule has 0 aliphatic carbocycles. The third kappa shape index (κ3) is 4.72. The van der Waals surface area contributed by atoms with Crippen molar-refractivity contribution in [2.75, 3.05) is 12.4 Å². The third-order valence-electron chi connectivity index (χ3n) is 4.08. The zero-order chi connectivity index (χ0) is 19.1. The van der Waals surface area contributed by atoms with Crippen LogP contribution in [0, 0.1) is 0 Å². The van der Waals surface area contributed by atoms with Crippen molar-refractivity contribution in [2.24, 2.45) is 0 Å². The molecule has 0 fully saturated rings. The van der Waals surface area contributed by atoms with Crippen molar-refractivity contribution in [2.45, 2.75) is 10.5 Å². The van der Waals surface area contributed by atoms with Gasteiger partial charge in [-0.15, -0.1) is 11.8 Å². The largest absolute Gasteiger partial charge is 0.462 e. The van der Waals surface area contributed by atoms with E-state index < -0.39 is 11.6 Å². The summed E-state index contributed by atoms with van der Waals surface area (Å²) >= 11 is 7.43. The molecule has 0 heterocycles. The fourth-order valence-electron chi connectivity index (χ4n) is 2.69. The summed E-state index contributed by atoms with van der Waals surface area (Å²) in [5.74, 6) is -0.107. The molecule has 3 aromatic rings. The molecule has 0 saturated carbocycles. The number of thioether (sulfide) groups is 1. The topological polar surface area (TPSA) is 46.5 Å². The summed E-state index contributed by atoms with van der Waals surface area (Å²) in [6.07, 6.45) is 0. The maximum atomic E-state index is 12.8. The van der Waals surface area contributed by atoms with Gasteiger partial charge >= 0.3 is 5.97 Å². The highest BCUT2D eigenvalue weighted by molar-refractivity contribution is 7.99. The van der Waals surface area contributed by atoms with Crippen LogP contribution >= 0.6 is 23.4 Å². The maximum absolute atomic E-state index is 12.8. The van der Waals surface area contributed by atoms with Crippen LogP contribution in [-0.2, 0) is 15.1 Å². The average molecular weight is 399 g/mol. The lowest BCUT2D eigenvalue weighted by molar-refractivity contribution is -0.161. The Bertz CT molecular complexity index is 828. The minimum absolute atomic E-state index is 0.189. The zero-order valence-electron chi connectivity index (χ0n) is 14.5. The SMILES string of the molecule is O=C(OCCSc1ccc(Cl)cc1)C(O)(c1ccccc1)c1ccccc1. The maximum Gasteiger partial charge on any atom is 0.347 e. The minimum Gasteiger partial charge on any atom is -0.462 e. The predicted octanol–water partition coefficient (Wildman–Crippen LogP) is 4.91. The number of benzene rings is 3. The molecular formula is C22H19ClO3S. The van der Waals surface area contributed by atoms with E-state index in [9.17, 15) is 9.90 Å². The van der Waals surface area contributed by atoms with Crippen LogP contribution < -0.4 is 0 Å². The smallest absolute Gasteiger partial charge is 0.347 e. The van der Waals surface area contributed by atoms with Crippen molar-refractivity contribution < 1.29 is 14.6 Å². The second-order valence-corrected chi connectivity index (χ2v) is 7.49. The van der Waals surface area contributed by atoms with E-state index in [0.717, 1.165) is 4.90 Å². The van der Waals surface area contributed by atoms with Gasteiger partial charge in [0.05, 0.1) is 0 Å². The van der Waals surface area contributed by atoms with Crippen molar-refractivity contribution in [3.8, 4) is 0 Å². The summed E-state index contributed by atoms with van der Waals surface area (Å²) < 4.78 is 5.43. The van der Waals surface area contributed by atoms with Crippen LogP contribution in [0.5, 0.6) is 0 Å². The molecule has 1 N–H and O–H groups in total. The van der Waals surface area contributed by atoms with Gasteiger partial charge in [-0.3, -0.25) is 0 Å². The summed E-state index contributed by atoms with van der Waals surface area (Å²) in [6.45, 7) is 0.189. The second-order valence-electron chi connectivity index (χ2n) is 5.88. The third-order valence-corrected chi connectivity index (χ3v) is 5.31. The number of carbonyl (C=O) groups is 1. The molecule has 0 unspecified atom stereocenters. The molecule has 0 atom stereocenters. The summed E-state index contributed by atoms with van der Waals surface area (Å²) in [6, 6.07) is 25.2. The Kier molecular flexibility index (Phi) is 6.56. The number of carbonyl (C=O) groups excluding carboxylic acids is 1. The molecule has 0 aromatic heterocycles. The highest BCUT2D eigenvalue weighted by Crippen LogP contribution is 2.31. The molecule has 0 aliphatic rings. The van der Waals surface area contributed by atoms with E-state index in [4.69, 9.17) is 16.3 Å². The molecule has 3 nitrogen and oxygen atoms in total. The van der Waals surface area contributed by atoms with Crippen molar-refractivity contribution >= 4 is 29.3 Å². The fraction of sp³-hybridized carbons (Fsp3) is 0.136. The van der Waals surface area contributed by atoms with Gasteiger partial charge in [-0.25, -0.2) is 4.79 Å². The summed E-state index contributed by atoms with van der Waals surface area (Å²) in [5, 5.41) is 12.0. The molecule has 5 heteroatoms. The van der Waals surface area contributed by atoms with E-state index in [2.05, 4.69) is 0 Å². The van der Waals surface area contributed by atoms with Crippen molar-refractivity contribution in [1.29, 1.82) is 0 Å². The summed E-state index contributed by atoms with van der Waals surface area (Å²) in [4.78, 5) is 13.9. The first kappa shape index (κ1) is 19.5. The van der Waals surface area contributed by atoms with E-state index >= 15 is 0 Å². The number of hydrogen-bond donors (Lipinski definition) is 1. The molecule has 3 aromatic carbocycles.